The summed E-state index contributed by atoms with van der Waals surface area (Å²) in [6, 6.07) is 7.72. The number of halogens is 4. The summed E-state index contributed by atoms with van der Waals surface area (Å²) in [6.07, 6.45) is 0.412. The number of rotatable bonds is 5. The van der Waals surface area contributed by atoms with Gasteiger partial charge in [0.25, 0.3) is 5.91 Å². The minimum Gasteiger partial charge on any atom is -0.332 e. The average Bonchev–Trinajstić information content (AvgIpc) is 3.43. The second-order valence-corrected chi connectivity index (χ2v) is 10.0. The van der Waals surface area contributed by atoms with Crippen molar-refractivity contribution in [1.29, 1.82) is 5.41 Å². The maximum Gasteiger partial charge on any atom is 0.435 e. The fourth-order valence-corrected chi connectivity index (χ4v) is 5.23. The maximum absolute atomic E-state index is 14.0. The summed E-state index contributed by atoms with van der Waals surface area (Å²) in [5.74, 6) is -0.643. The number of aryl methyl sites for hydroxylation is 3. The van der Waals surface area contributed by atoms with Gasteiger partial charge in [0, 0.05) is 50.4 Å². The molecule has 7 nitrogen and oxygen atoms in total. The van der Waals surface area contributed by atoms with E-state index in [4.69, 9.17) is 5.41 Å². The Kier molecular flexibility index (Phi) is 6.48. The van der Waals surface area contributed by atoms with Gasteiger partial charge in [0.1, 0.15) is 5.82 Å². The first-order valence-corrected chi connectivity index (χ1v) is 12.5. The zero-order chi connectivity index (χ0) is 28.2. The van der Waals surface area contributed by atoms with Crippen LogP contribution in [0.2, 0.25) is 0 Å². The van der Waals surface area contributed by atoms with Crippen molar-refractivity contribution in [3.05, 3.63) is 93.9 Å². The quantitative estimate of drug-likeness (QED) is 0.363. The number of hydrogen-bond donors (Lipinski definition) is 1. The molecule has 0 bridgehead atoms. The summed E-state index contributed by atoms with van der Waals surface area (Å²) < 4.78 is 60.2. The van der Waals surface area contributed by atoms with Gasteiger partial charge in [0.2, 0.25) is 5.62 Å². The number of carbonyl (C=O) groups excluding carboxylic acids is 1. The SMILES string of the molecule is Cc1cc(C(C)N2CCc3c(cc(Cn4ccn(C)c4=N)cc3-c3cn(C)nc3C(F)(F)F)C2=O)ccc1F. The lowest BCUT2D eigenvalue weighted by molar-refractivity contribution is -0.140. The molecule has 0 aliphatic carbocycles. The molecule has 3 heterocycles. The van der Waals surface area contributed by atoms with E-state index in [0.717, 1.165) is 10.2 Å². The monoisotopic (exact) mass is 540 g/mol. The van der Waals surface area contributed by atoms with Gasteiger partial charge in [-0.1, -0.05) is 12.1 Å². The van der Waals surface area contributed by atoms with E-state index in [1.54, 1.807) is 64.7 Å². The molecule has 0 radical (unpaired) electrons. The summed E-state index contributed by atoms with van der Waals surface area (Å²) in [7, 11) is 3.16. The molecule has 2 aromatic heterocycles. The van der Waals surface area contributed by atoms with Crippen LogP contribution in [-0.4, -0.2) is 36.3 Å². The van der Waals surface area contributed by atoms with Gasteiger partial charge in [-0.15, -0.1) is 0 Å². The van der Waals surface area contributed by atoms with Crippen LogP contribution in [0.3, 0.4) is 0 Å². The van der Waals surface area contributed by atoms with Crippen LogP contribution in [0.15, 0.2) is 48.9 Å². The first-order valence-electron chi connectivity index (χ1n) is 12.5. The minimum absolute atomic E-state index is 0.0873. The molecule has 0 saturated carbocycles. The molecule has 39 heavy (non-hydrogen) atoms. The zero-order valence-electron chi connectivity index (χ0n) is 22.0. The molecule has 1 unspecified atom stereocenters. The molecule has 204 valence electrons. The Morgan fingerprint density at radius 3 is 2.44 bits per heavy atom. The largest absolute Gasteiger partial charge is 0.435 e. The maximum atomic E-state index is 14.0. The fourth-order valence-electron chi connectivity index (χ4n) is 5.23. The molecule has 11 heteroatoms. The fraction of sp³-hybridized carbons (Fsp3) is 0.321. The van der Waals surface area contributed by atoms with Crippen LogP contribution in [0.5, 0.6) is 0 Å². The minimum atomic E-state index is -4.68. The van der Waals surface area contributed by atoms with Gasteiger partial charge in [-0.05, 0) is 66.3 Å². The van der Waals surface area contributed by atoms with Crippen LogP contribution in [0.25, 0.3) is 11.1 Å². The van der Waals surface area contributed by atoms with E-state index < -0.39 is 11.9 Å². The van der Waals surface area contributed by atoms with Crippen molar-refractivity contribution in [3.8, 4) is 11.1 Å². The number of fused-ring (bicyclic) bond motifs is 1. The van der Waals surface area contributed by atoms with Crippen LogP contribution in [0.1, 0.15) is 51.3 Å². The second-order valence-electron chi connectivity index (χ2n) is 10.0. The van der Waals surface area contributed by atoms with Gasteiger partial charge < -0.3 is 14.0 Å². The Morgan fingerprint density at radius 2 is 1.79 bits per heavy atom. The second kappa shape index (κ2) is 9.55. The number of benzene rings is 2. The van der Waals surface area contributed by atoms with Crippen LogP contribution < -0.4 is 5.62 Å². The Bertz CT molecular complexity index is 1640. The molecule has 2 aromatic carbocycles. The van der Waals surface area contributed by atoms with E-state index in [-0.39, 0.29) is 35.5 Å². The predicted octanol–water partition coefficient (Wildman–Crippen LogP) is 4.98. The van der Waals surface area contributed by atoms with Gasteiger partial charge in [0.05, 0.1) is 12.6 Å². The molecule has 1 aliphatic rings. The third-order valence-electron chi connectivity index (χ3n) is 7.35. The Balaban J connectivity index is 1.64. The van der Waals surface area contributed by atoms with E-state index in [1.807, 2.05) is 6.92 Å². The van der Waals surface area contributed by atoms with E-state index in [1.165, 1.54) is 19.3 Å². The van der Waals surface area contributed by atoms with Crippen LogP contribution >= 0.6 is 0 Å². The van der Waals surface area contributed by atoms with Gasteiger partial charge >= 0.3 is 6.18 Å². The first-order chi connectivity index (χ1) is 18.3. The highest BCUT2D eigenvalue weighted by molar-refractivity contribution is 5.99. The topological polar surface area (TPSA) is 71.8 Å². The van der Waals surface area contributed by atoms with E-state index in [2.05, 4.69) is 5.10 Å². The molecule has 0 spiro atoms. The number of nitrogens with one attached hydrogen (secondary N) is 1. The number of amides is 1. The molecule has 1 atom stereocenters. The lowest BCUT2D eigenvalue weighted by Crippen LogP contribution is -2.39. The summed E-state index contributed by atoms with van der Waals surface area (Å²) >= 11 is 0. The normalized spacial score (nSPS) is 14.6. The molecular weight excluding hydrogens is 512 g/mol. The van der Waals surface area contributed by atoms with E-state index >= 15 is 0 Å². The van der Waals surface area contributed by atoms with Crippen molar-refractivity contribution >= 4 is 5.91 Å². The number of hydrogen-bond acceptors (Lipinski definition) is 3. The smallest absolute Gasteiger partial charge is 0.332 e. The Hall–Kier alpha value is -4.15. The molecule has 1 N–H and O–H groups in total. The zero-order valence-corrected chi connectivity index (χ0v) is 22.0. The van der Waals surface area contributed by atoms with E-state index in [9.17, 15) is 22.4 Å². The third kappa shape index (κ3) is 4.77. The van der Waals surface area contributed by atoms with Crippen LogP contribution in [-0.2, 0) is 33.2 Å². The standard InChI is InChI=1S/C28H28F4N6O/c1-16-11-19(5-6-24(16)29)17(2)38-8-7-20-21(23-15-36(4)34-25(23)28(30,31)32)12-18(13-22(20)26(38)39)14-37-10-9-35(3)27(37)33/h5-6,9-13,15,17,33H,7-8,14H2,1-4H3. The van der Waals surface area contributed by atoms with Crippen molar-refractivity contribution in [1.82, 2.24) is 23.8 Å². The van der Waals surface area contributed by atoms with E-state index in [0.29, 0.717) is 40.8 Å². The molecule has 5 rings (SSSR count). The van der Waals surface area contributed by atoms with Crippen molar-refractivity contribution < 1.29 is 22.4 Å². The van der Waals surface area contributed by atoms with Gasteiger partial charge in [0.15, 0.2) is 5.69 Å². The summed E-state index contributed by atoms with van der Waals surface area (Å²) in [5, 5.41) is 12.0. The third-order valence-corrected chi connectivity index (χ3v) is 7.35. The molecule has 1 aliphatic heterocycles. The molecule has 4 aromatic rings. The van der Waals surface area contributed by atoms with Crippen LogP contribution in [0, 0.1) is 18.2 Å². The van der Waals surface area contributed by atoms with Crippen molar-refractivity contribution in [2.45, 2.75) is 39.0 Å². The highest BCUT2D eigenvalue weighted by Gasteiger charge is 2.39. The average molecular weight is 541 g/mol. The van der Waals surface area contributed by atoms with Crippen molar-refractivity contribution in [3.63, 3.8) is 0 Å². The highest BCUT2D eigenvalue weighted by Crippen LogP contribution is 2.40. The van der Waals surface area contributed by atoms with Gasteiger partial charge in [-0.2, -0.15) is 18.3 Å². The molecule has 0 fully saturated rings. The van der Waals surface area contributed by atoms with Crippen LogP contribution in [0.4, 0.5) is 17.6 Å². The van der Waals surface area contributed by atoms with Gasteiger partial charge in [-0.25, -0.2) is 4.39 Å². The molecule has 1 amide bonds. The number of carbonyl (C=O) groups is 1. The Morgan fingerprint density at radius 1 is 1.08 bits per heavy atom. The number of aromatic nitrogens is 4. The first kappa shape index (κ1) is 26.5. The highest BCUT2D eigenvalue weighted by atomic mass is 19.4. The molecular formula is C28H28F4N6O. The lowest BCUT2D eigenvalue weighted by Gasteiger charge is -2.35. The van der Waals surface area contributed by atoms with Gasteiger partial charge in [-0.3, -0.25) is 14.9 Å². The number of alkyl halides is 3. The predicted molar refractivity (Wildman–Crippen MR) is 136 cm³/mol. The summed E-state index contributed by atoms with van der Waals surface area (Å²) in [6.45, 7) is 4.00. The van der Waals surface area contributed by atoms with Crippen molar-refractivity contribution in [2.75, 3.05) is 6.54 Å². The summed E-state index contributed by atoms with van der Waals surface area (Å²) in [5.41, 5.74) is 2.10. The number of imidazole rings is 1. The van der Waals surface area contributed by atoms with Crippen molar-refractivity contribution in [2.24, 2.45) is 14.1 Å². The summed E-state index contributed by atoms with van der Waals surface area (Å²) in [4.78, 5) is 15.6. The Labute approximate surface area is 222 Å². The lowest BCUT2D eigenvalue weighted by atomic mass is 9.87. The molecule has 0 saturated heterocycles. The number of nitrogens with zero attached hydrogens (tertiary/aromatic N) is 5.